The molecule has 0 spiro atoms. The summed E-state index contributed by atoms with van der Waals surface area (Å²) in [6.45, 7) is 2.94. The van der Waals surface area contributed by atoms with Gasteiger partial charge < -0.3 is 10.2 Å². The number of fused-ring (bicyclic) bond motifs is 1. The predicted octanol–water partition coefficient (Wildman–Crippen LogP) is 3.06. The number of nitrogens with one attached hydrogen (secondary N) is 1. The van der Waals surface area contributed by atoms with Gasteiger partial charge in [0.05, 0.1) is 0 Å². The quantitative estimate of drug-likeness (QED) is 0.916. The average molecular weight is 337 g/mol. The van der Waals surface area contributed by atoms with Crippen molar-refractivity contribution in [2.24, 2.45) is 11.8 Å². The Labute approximate surface area is 146 Å². The summed E-state index contributed by atoms with van der Waals surface area (Å²) in [5, 5.41) is 3.25. The SMILES string of the molecule is CNCC1CCCN(C(=O)CC2CCc3ccccc3C2)C1.Cl. The fraction of sp³-hybridized carbons (Fsp3) is 0.632. The monoisotopic (exact) mass is 336 g/mol. The Kier molecular flexibility index (Phi) is 6.91. The van der Waals surface area contributed by atoms with E-state index in [-0.39, 0.29) is 12.4 Å². The molecule has 4 heteroatoms. The second-order valence-electron chi connectivity index (χ2n) is 6.99. The number of rotatable bonds is 4. The Morgan fingerprint density at radius 1 is 1.22 bits per heavy atom. The molecule has 3 rings (SSSR count). The van der Waals surface area contributed by atoms with Crippen molar-refractivity contribution in [3.05, 3.63) is 35.4 Å². The normalized spacial score (nSPS) is 23.8. The van der Waals surface area contributed by atoms with E-state index in [9.17, 15) is 4.79 Å². The predicted molar refractivity (Wildman–Crippen MR) is 97.1 cm³/mol. The average Bonchev–Trinajstić information content (AvgIpc) is 2.55. The summed E-state index contributed by atoms with van der Waals surface area (Å²) >= 11 is 0. The standard InChI is InChI=1S/C19H28N2O.ClH/c1-20-13-16-5-4-10-21(14-16)19(22)12-15-8-9-17-6-2-3-7-18(17)11-15;/h2-3,6-7,15-16,20H,4-5,8-14H2,1H3;1H. The third-order valence-electron chi connectivity index (χ3n) is 5.28. The minimum absolute atomic E-state index is 0. The molecule has 1 aromatic carbocycles. The summed E-state index contributed by atoms with van der Waals surface area (Å²) in [6.07, 6.45) is 6.52. The Bertz CT molecular complexity index is 518. The lowest BCUT2D eigenvalue weighted by molar-refractivity contribution is -0.134. The molecule has 1 N–H and O–H groups in total. The second kappa shape index (κ2) is 8.70. The molecule has 0 bridgehead atoms. The van der Waals surface area contributed by atoms with Crippen LogP contribution in [-0.2, 0) is 17.6 Å². The molecule has 1 amide bonds. The van der Waals surface area contributed by atoms with E-state index in [1.54, 1.807) is 0 Å². The lowest BCUT2D eigenvalue weighted by Crippen LogP contribution is -2.43. The Morgan fingerprint density at radius 3 is 2.78 bits per heavy atom. The number of aryl methyl sites for hydroxylation is 1. The summed E-state index contributed by atoms with van der Waals surface area (Å²) in [4.78, 5) is 14.8. The highest BCUT2D eigenvalue weighted by Crippen LogP contribution is 2.28. The van der Waals surface area contributed by atoms with E-state index in [2.05, 4.69) is 34.5 Å². The maximum atomic E-state index is 12.6. The van der Waals surface area contributed by atoms with Crippen LogP contribution in [-0.4, -0.2) is 37.5 Å². The van der Waals surface area contributed by atoms with Crippen LogP contribution < -0.4 is 5.32 Å². The van der Waals surface area contributed by atoms with Gasteiger partial charge in [0, 0.05) is 19.5 Å². The first-order valence-electron chi connectivity index (χ1n) is 8.75. The molecule has 1 aliphatic heterocycles. The molecule has 1 saturated heterocycles. The maximum Gasteiger partial charge on any atom is 0.222 e. The van der Waals surface area contributed by atoms with E-state index in [1.165, 1.54) is 17.5 Å². The van der Waals surface area contributed by atoms with Crippen molar-refractivity contribution < 1.29 is 4.79 Å². The molecule has 1 heterocycles. The number of hydrogen-bond donors (Lipinski definition) is 1. The van der Waals surface area contributed by atoms with Crippen molar-refractivity contribution in [3.63, 3.8) is 0 Å². The van der Waals surface area contributed by atoms with E-state index in [0.29, 0.717) is 17.7 Å². The van der Waals surface area contributed by atoms with Gasteiger partial charge in [0.25, 0.3) is 0 Å². The Balaban J connectivity index is 0.00000192. The lowest BCUT2D eigenvalue weighted by atomic mass is 9.82. The van der Waals surface area contributed by atoms with Crippen LogP contribution in [0.1, 0.15) is 36.8 Å². The molecule has 0 radical (unpaired) electrons. The molecule has 1 aliphatic carbocycles. The van der Waals surface area contributed by atoms with E-state index in [0.717, 1.165) is 51.7 Å². The number of benzene rings is 1. The van der Waals surface area contributed by atoms with Gasteiger partial charge in [0.1, 0.15) is 0 Å². The van der Waals surface area contributed by atoms with Gasteiger partial charge in [-0.2, -0.15) is 0 Å². The van der Waals surface area contributed by atoms with Crippen LogP contribution in [0, 0.1) is 11.8 Å². The summed E-state index contributed by atoms with van der Waals surface area (Å²) in [5.74, 6) is 1.55. The molecular weight excluding hydrogens is 308 g/mol. The van der Waals surface area contributed by atoms with Crippen LogP contribution in [0.4, 0.5) is 0 Å². The minimum atomic E-state index is 0. The third kappa shape index (κ3) is 4.71. The molecule has 1 aromatic rings. The largest absolute Gasteiger partial charge is 0.342 e. The molecule has 1 fully saturated rings. The van der Waals surface area contributed by atoms with Crippen molar-refractivity contribution in [3.8, 4) is 0 Å². The first kappa shape index (κ1) is 18.3. The number of amides is 1. The Hall–Kier alpha value is -1.06. The maximum absolute atomic E-state index is 12.6. The van der Waals surface area contributed by atoms with E-state index in [4.69, 9.17) is 0 Å². The van der Waals surface area contributed by atoms with Gasteiger partial charge >= 0.3 is 0 Å². The highest BCUT2D eigenvalue weighted by molar-refractivity contribution is 5.85. The van der Waals surface area contributed by atoms with Crippen LogP contribution in [0.25, 0.3) is 0 Å². The van der Waals surface area contributed by atoms with Crippen molar-refractivity contribution in [2.45, 2.75) is 38.5 Å². The second-order valence-corrected chi connectivity index (χ2v) is 6.99. The van der Waals surface area contributed by atoms with Crippen molar-refractivity contribution in [1.82, 2.24) is 10.2 Å². The topological polar surface area (TPSA) is 32.3 Å². The van der Waals surface area contributed by atoms with Crippen molar-refractivity contribution >= 4 is 18.3 Å². The fourth-order valence-electron chi connectivity index (χ4n) is 4.07. The van der Waals surface area contributed by atoms with Crippen LogP contribution in [0.15, 0.2) is 24.3 Å². The number of likely N-dealkylation sites (tertiary alicyclic amines) is 1. The summed E-state index contributed by atoms with van der Waals surface area (Å²) < 4.78 is 0. The van der Waals surface area contributed by atoms with Gasteiger partial charge in [-0.1, -0.05) is 24.3 Å². The summed E-state index contributed by atoms with van der Waals surface area (Å²) in [6, 6.07) is 8.71. The van der Waals surface area contributed by atoms with Crippen LogP contribution >= 0.6 is 12.4 Å². The molecule has 23 heavy (non-hydrogen) atoms. The first-order valence-corrected chi connectivity index (χ1v) is 8.75. The van der Waals surface area contributed by atoms with Gasteiger partial charge in [0.2, 0.25) is 5.91 Å². The van der Waals surface area contributed by atoms with Gasteiger partial charge in [-0.3, -0.25) is 4.79 Å². The Morgan fingerprint density at radius 2 is 2.00 bits per heavy atom. The molecular formula is C19H29ClN2O. The van der Waals surface area contributed by atoms with Crippen LogP contribution in [0.2, 0.25) is 0 Å². The van der Waals surface area contributed by atoms with Crippen LogP contribution in [0.5, 0.6) is 0 Å². The zero-order valence-electron chi connectivity index (χ0n) is 14.1. The van der Waals surface area contributed by atoms with E-state index < -0.39 is 0 Å². The molecule has 2 unspecified atom stereocenters. The van der Waals surface area contributed by atoms with Gasteiger partial charge in [-0.25, -0.2) is 0 Å². The number of carbonyl (C=O) groups excluding carboxylic acids is 1. The number of halogens is 1. The van der Waals surface area contributed by atoms with E-state index in [1.807, 2.05) is 7.05 Å². The minimum Gasteiger partial charge on any atom is -0.342 e. The molecule has 0 saturated carbocycles. The highest BCUT2D eigenvalue weighted by Gasteiger charge is 2.26. The number of nitrogens with zero attached hydrogens (tertiary/aromatic N) is 1. The summed E-state index contributed by atoms with van der Waals surface area (Å²) in [5.41, 5.74) is 2.94. The zero-order chi connectivity index (χ0) is 15.4. The first-order chi connectivity index (χ1) is 10.8. The number of hydrogen-bond acceptors (Lipinski definition) is 2. The molecule has 2 atom stereocenters. The van der Waals surface area contributed by atoms with Crippen molar-refractivity contribution in [1.29, 1.82) is 0 Å². The fourth-order valence-corrected chi connectivity index (χ4v) is 4.07. The number of carbonyl (C=O) groups is 1. The van der Waals surface area contributed by atoms with Gasteiger partial charge in [-0.05, 0) is 68.7 Å². The van der Waals surface area contributed by atoms with Crippen molar-refractivity contribution in [2.75, 3.05) is 26.7 Å². The smallest absolute Gasteiger partial charge is 0.222 e. The molecule has 3 nitrogen and oxygen atoms in total. The highest BCUT2D eigenvalue weighted by atomic mass is 35.5. The molecule has 2 aliphatic rings. The van der Waals surface area contributed by atoms with Gasteiger partial charge in [0.15, 0.2) is 0 Å². The van der Waals surface area contributed by atoms with Gasteiger partial charge in [-0.15, -0.1) is 12.4 Å². The zero-order valence-corrected chi connectivity index (χ0v) is 14.9. The summed E-state index contributed by atoms with van der Waals surface area (Å²) in [7, 11) is 2.00. The number of piperidine rings is 1. The molecule has 0 aromatic heterocycles. The van der Waals surface area contributed by atoms with E-state index >= 15 is 0 Å². The third-order valence-corrected chi connectivity index (χ3v) is 5.28. The lowest BCUT2D eigenvalue weighted by Gasteiger charge is -2.34. The molecule has 128 valence electrons. The van der Waals surface area contributed by atoms with Crippen LogP contribution in [0.3, 0.4) is 0 Å².